The summed E-state index contributed by atoms with van der Waals surface area (Å²) in [5.41, 5.74) is 3.84. The van der Waals surface area contributed by atoms with E-state index in [0.717, 1.165) is 24.5 Å². The van der Waals surface area contributed by atoms with Gasteiger partial charge in [-0.1, -0.05) is 6.07 Å². The molecule has 0 aliphatic heterocycles. The highest BCUT2D eigenvalue weighted by Gasteiger charge is 2.05. The lowest BCUT2D eigenvalue weighted by Gasteiger charge is -2.16. The minimum atomic E-state index is 0.674. The first-order chi connectivity index (χ1) is 8.21. The second kappa shape index (κ2) is 7.11. The molecular formula is C12H21N3O2. The monoisotopic (exact) mass is 239 g/mol. The summed E-state index contributed by atoms with van der Waals surface area (Å²) in [6.45, 7) is 1.60. The van der Waals surface area contributed by atoms with Gasteiger partial charge in [0.05, 0.1) is 20.9 Å². The van der Waals surface area contributed by atoms with E-state index >= 15 is 0 Å². The van der Waals surface area contributed by atoms with Crippen molar-refractivity contribution in [2.45, 2.75) is 6.42 Å². The predicted octanol–water partition coefficient (Wildman–Crippen LogP) is 0.599. The van der Waals surface area contributed by atoms with E-state index in [2.05, 4.69) is 10.3 Å². The molecule has 0 saturated heterocycles. The smallest absolute Gasteiger partial charge is 0.160 e. The molecule has 5 heteroatoms. The van der Waals surface area contributed by atoms with Gasteiger partial charge in [-0.3, -0.25) is 10.7 Å². The summed E-state index contributed by atoms with van der Waals surface area (Å²) in [4.78, 5) is 2.11. The van der Waals surface area contributed by atoms with Crippen LogP contribution < -0.4 is 20.7 Å². The number of nitrogens with zero attached hydrogens (tertiary/aromatic N) is 1. The topological polar surface area (TPSA) is 59.8 Å². The molecule has 5 nitrogen and oxygen atoms in total. The fourth-order valence-corrected chi connectivity index (χ4v) is 1.59. The molecule has 0 unspecified atom stereocenters. The van der Waals surface area contributed by atoms with Crippen LogP contribution in [0.4, 0.5) is 0 Å². The fraction of sp³-hybridized carbons (Fsp3) is 0.500. The molecule has 0 aromatic heterocycles. The van der Waals surface area contributed by atoms with Crippen molar-refractivity contribution in [2.75, 3.05) is 34.5 Å². The Labute approximate surface area is 102 Å². The number of methoxy groups -OCH3 is 2. The van der Waals surface area contributed by atoms with Crippen molar-refractivity contribution in [1.82, 2.24) is 10.3 Å². The van der Waals surface area contributed by atoms with E-state index in [4.69, 9.17) is 15.3 Å². The predicted molar refractivity (Wildman–Crippen MR) is 68.1 cm³/mol. The van der Waals surface area contributed by atoms with Gasteiger partial charge in [0.15, 0.2) is 11.5 Å². The van der Waals surface area contributed by atoms with Crippen molar-refractivity contribution in [3.8, 4) is 11.5 Å². The van der Waals surface area contributed by atoms with Crippen LogP contribution >= 0.6 is 0 Å². The first-order valence-corrected chi connectivity index (χ1v) is 5.54. The van der Waals surface area contributed by atoms with Crippen LogP contribution in [0.3, 0.4) is 0 Å². The molecule has 0 fully saturated rings. The molecule has 0 atom stereocenters. The number of ether oxygens (including phenoxy) is 2. The Balaban J connectivity index is 2.60. The molecule has 0 spiro atoms. The average molecular weight is 239 g/mol. The van der Waals surface area contributed by atoms with E-state index in [0.29, 0.717) is 6.67 Å². The number of nitrogens with one attached hydrogen (secondary N) is 1. The highest BCUT2D eigenvalue weighted by atomic mass is 16.5. The van der Waals surface area contributed by atoms with Crippen molar-refractivity contribution in [2.24, 2.45) is 5.84 Å². The van der Waals surface area contributed by atoms with Gasteiger partial charge >= 0.3 is 0 Å². The molecule has 0 aliphatic carbocycles. The number of nitrogens with two attached hydrogens (primary N) is 1. The molecule has 0 aliphatic rings. The van der Waals surface area contributed by atoms with Crippen LogP contribution in [0.15, 0.2) is 18.2 Å². The van der Waals surface area contributed by atoms with Crippen LogP contribution in [0.2, 0.25) is 0 Å². The Morgan fingerprint density at radius 2 is 1.94 bits per heavy atom. The third kappa shape index (κ3) is 4.22. The number of rotatable bonds is 7. The number of benzene rings is 1. The van der Waals surface area contributed by atoms with Gasteiger partial charge < -0.3 is 9.47 Å². The van der Waals surface area contributed by atoms with Crippen LogP contribution in [-0.4, -0.2) is 39.4 Å². The minimum absolute atomic E-state index is 0.674. The maximum atomic E-state index is 5.26. The van der Waals surface area contributed by atoms with Gasteiger partial charge in [-0.2, -0.15) is 0 Å². The summed E-state index contributed by atoms with van der Waals surface area (Å²) in [7, 11) is 5.30. The van der Waals surface area contributed by atoms with E-state index in [1.807, 2.05) is 25.2 Å². The Morgan fingerprint density at radius 1 is 1.24 bits per heavy atom. The van der Waals surface area contributed by atoms with Crippen LogP contribution in [0, 0.1) is 0 Å². The molecule has 1 rings (SSSR count). The molecule has 3 N–H and O–H groups in total. The number of hydrogen-bond donors (Lipinski definition) is 2. The second-order valence-corrected chi connectivity index (χ2v) is 3.88. The normalized spacial score (nSPS) is 10.6. The standard InChI is InChI=1S/C12H21N3O2/c1-15(9-14-13)7-6-10-4-5-11(16-2)12(8-10)17-3/h4-5,8,14H,6-7,9,13H2,1-3H3. The van der Waals surface area contributed by atoms with Crippen LogP contribution in [-0.2, 0) is 6.42 Å². The second-order valence-electron chi connectivity index (χ2n) is 3.88. The van der Waals surface area contributed by atoms with E-state index < -0.39 is 0 Å². The van der Waals surface area contributed by atoms with Gasteiger partial charge in [0.25, 0.3) is 0 Å². The first kappa shape index (κ1) is 13.8. The quantitative estimate of drug-likeness (QED) is 0.414. The molecule has 1 aromatic rings. The summed E-state index contributed by atoms with van der Waals surface area (Å²) in [5, 5.41) is 0. The zero-order valence-corrected chi connectivity index (χ0v) is 10.7. The molecule has 0 radical (unpaired) electrons. The molecule has 0 bridgehead atoms. The lowest BCUT2D eigenvalue weighted by molar-refractivity contribution is 0.312. The Morgan fingerprint density at radius 3 is 2.53 bits per heavy atom. The Bertz CT molecular complexity index is 345. The number of hydrogen-bond acceptors (Lipinski definition) is 5. The summed E-state index contributed by atoms with van der Waals surface area (Å²) >= 11 is 0. The largest absolute Gasteiger partial charge is 0.493 e. The summed E-state index contributed by atoms with van der Waals surface area (Å²) < 4.78 is 10.5. The molecule has 96 valence electrons. The van der Waals surface area contributed by atoms with Crippen molar-refractivity contribution >= 4 is 0 Å². The van der Waals surface area contributed by atoms with E-state index in [1.54, 1.807) is 14.2 Å². The van der Waals surface area contributed by atoms with E-state index in [1.165, 1.54) is 5.56 Å². The SMILES string of the molecule is COc1ccc(CCN(C)CNN)cc1OC. The maximum Gasteiger partial charge on any atom is 0.160 e. The lowest BCUT2D eigenvalue weighted by Crippen LogP contribution is -2.36. The summed E-state index contributed by atoms with van der Waals surface area (Å²) in [5.74, 6) is 6.78. The van der Waals surface area contributed by atoms with Gasteiger partial charge in [-0.25, -0.2) is 5.43 Å². The van der Waals surface area contributed by atoms with E-state index in [9.17, 15) is 0 Å². The Kier molecular flexibility index (Phi) is 5.76. The van der Waals surface area contributed by atoms with Gasteiger partial charge in [0.2, 0.25) is 0 Å². The van der Waals surface area contributed by atoms with Crippen LogP contribution in [0.25, 0.3) is 0 Å². The van der Waals surface area contributed by atoms with Gasteiger partial charge in [0.1, 0.15) is 0 Å². The third-order valence-electron chi connectivity index (χ3n) is 2.59. The Hall–Kier alpha value is -1.30. The number of hydrazine groups is 1. The fourth-order valence-electron chi connectivity index (χ4n) is 1.59. The highest BCUT2D eigenvalue weighted by Crippen LogP contribution is 2.27. The average Bonchev–Trinajstić information content (AvgIpc) is 2.36. The van der Waals surface area contributed by atoms with Crippen molar-refractivity contribution in [3.05, 3.63) is 23.8 Å². The van der Waals surface area contributed by atoms with Gasteiger partial charge in [-0.15, -0.1) is 0 Å². The number of likely N-dealkylation sites (N-methyl/N-ethyl adjacent to an activating group) is 1. The third-order valence-corrected chi connectivity index (χ3v) is 2.59. The maximum absolute atomic E-state index is 5.26. The molecule has 0 saturated carbocycles. The first-order valence-electron chi connectivity index (χ1n) is 5.54. The highest BCUT2D eigenvalue weighted by molar-refractivity contribution is 5.42. The van der Waals surface area contributed by atoms with Crippen LogP contribution in [0.1, 0.15) is 5.56 Å². The molecule has 17 heavy (non-hydrogen) atoms. The summed E-state index contributed by atoms with van der Waals surface area (Å²) in [6.07, 6.45) is 0.943. The summed E-state index contributed by atoms with van der Waals surface area (Å²) in [6, 6.07) is 5.98. The molecular weight excluding hydrogens is 218 g/mol. The van der Waals surface area contributed by atoms with Gasteiger partial charge in [0, 0.05) is 6.54 Å². The molecule has 0 amide bonds. The van der Waals surface area contributed by atoms with Crippen LogP contribution in [0.5, 0.6) is 11.5 Å². The van der Waals surface area contributed by atoms with Crippen molar-refractivity contribution < 1.29 is 9.47 Å². The zero-order valence-electron chi connectivity index (χ0n) is 10.7. The molecule has 0 heterocycles. The minimum Gasteiger partial charge on any atom is -0.493 e. The van der Waals surface area contributed by atoms with Crippen molar-refractivity contribution in [3.63, 3.8) is 0 Å². The zero-order chi connectivity index (χ0) is 12.7. The van der Waals surface area contributed by atoms with E-state index in [-0.39, 0.29) is 0 Å². The van der Waals surface area contributed by atoms with Crippen molar-refractivity contribution in [1.29, 1.82) is 0 Å². The lowest BCUT2D eigenvalue weighted by atomic mass is 10.1. The molecule has 1 aromatic carbocycles. The van der Waals surface area contributed by atoms with Gasteiger partial charge in [-0.05, 0) is 31.2 Å².